The zero-order chi connectivity index (χ0) is 32.1. The molecule has 2 heterocycles. The minimum absolute atomic E-state index is 0.302. The number of rotatable bonds is 20. The molecule has 43 heavy (non-hydrogen) atoms. The molecule has 0 radical (unpaired) electrons. The smallest absolute Gasteiger partial charge is 0.186 e. The molecule has 11 nitrogen and oxygen atoms in total. The van der Waals surface area contributed by atoms with Crippen molar-refractivity contribution in [1.29, 1.82) is 0 Å². The summed E-state index contributed by atoms with van der Waals surface area (Å²) in [7, 11) is 0. The van der Waals surface area contributed by atoms with Crippen LogP contribution in [0.5, 0.6) is 0 Å². The Labute approximate surface area is 258 Å². The van der Waals surface area contributed by atoms with Crippen LogP contribution in [-0.4, -0.2) is 117 Å². The highest BCUT2D eigenvalue weighted by molar-refractivity contribution is 4.91. The summed E-state index contributed by atoms with van der Waals surface area (Å²) < 4.78 is 22.2. The molecule has 2 aliphatic rings. The van der Waals surface area contributed by atoms with Crippen LogP contribution in [0.2, 0.25) is 0 Å². The van der Waals surface area contributed by atoms with E-state index in [1.807, 2.05) is 0 Å². The van der Waals surface area contributed by atoms with E-state index in [1.165, 1.54) is 44.9 Å². The molecule has 2 saturated heterocycles. The van der Waals surface area contributed by atoms with Crippen LogP contribution in [0.1, 0.15) is 98.8 Å². The second-order valence-corrected chi connectivity index (χ2v) is 13.7. The van der Waals surface area contributed by atoms with Gasteiger partial charge in [-0.05, 0) is 30.1 Å². The Balaban J connectivity index is 1.66. The van der Waals surface area contributed by atoms with Crippen LogP contribution in [0.4, 0.5) is 0 Å². The molecule has 0 aromatic rings. The Morgan fingerprint density at radius 1 is 0.512 bits per heavy atom. The first kappa shape index (κ1) is 38.7. The summed E-state index contributed by atoms with van der Waals surface area (Å²) in [5.41, 5.74) is 0. The molecular formula is C32H62O11. The van der Waals surface area contributed by atoms with E-state index in [1.54, 1.807) is 0 Å². The Morgan fingerprint density at radius 3 is 1.42 bits per heavy atom. The van der Waals surface area contributed by atoms with E-state index in [2.05, 4.69) is 34.6 Å². The monoisotopic (exact) mass is 622 g/mol. The molecule has 7 N–H and O–H groups in total. The van der Waals surface area contributed by atoms with Gasteiger partial charge in [-0.2, -0.15) is 0 Å². The zero-order valence-corrected chi connectivity index (χ0v) is 27.0. The van der Waals surface area contributed by atoms with Crippen LogP contribution in [-0.2, 0) is 18.9 Å². The lowest BCUT2D eigenvalue weighted by Gasteiger charge is -2.42. The Bertz CT molecular complexity index is 725. The molecule has 0 unspecified atom stereocenters. The molecule has 0 aliphatic carbocycles. The third-order valence-corrected chi connectivity index (χ3v) is 9.10. The zero-order valence-electron chi connectivity index (χ0n) is 27.0. The van der Waals surface area contributed by atoms with Gasteiger partial charge in [0, 0.05) is 0 Å². The molecule has 11 heteroatoms. The first-order chi connectivity index (χ1) is 20.3. The van der Waals surface area contributed by atoms with Crippen molar-refractivity contribution in [3.63, 3.8) is 0 Å². The van der Waals surface area contributed by atoms with Gasteiger partial charge in [-0.25, -0.2) is 0 Å². The molecular weight excluding hydrogens is 560 g/mol. The first-order valence-corrected chi connectivity index (χ1v) is 16.6. The van der Waals surface area contributed by atoms with E-state index in [0.29, 0.717) is 18.4 Å². The summed E-state index contributed by atoms with van der Waals surface area (Å²) in [4.78, 5) is 0. The highest BCUT2D eigenvalue weighted by Crippen LogP contribution is 2.27. The van der Waals surface area contributed by atoms with Gasteiger partial charge < -0.3 is 54.7 Å². The molecule has 2 fully saturated rings. The lowest BCUT2D eigenvalue weighted by atomic mass is 9.91. The maximum absolute atomic E-state index is 10.4. The summed E-state index contributed by atoms with van der Waals surface area (Å²) in [6.07, 6.45) is -2.08. The fourth-order valence-electron chi connectivity index (χ4n) is 5.91. The second kappa shape index (κ2) is 19.9. The fraction of sp³-hybridized carbons (Fsp3) is 1.00. The molecule has 13 atom stereocenters. The number of aliphatic hydroxyl groups excluding tert-OH is 7. The van der Waals surface area contributed by atoms with E-state index in [9.17, 15) is 35.7 Å². The van der Waals surface area contributed by atoms with Crippen molar-refractivity contribution in [2.45, 2.75) is 160 Å². The largest absolute Gasteiger partial charge is 0.394 e. The minimum atomic E-state index is -1.61. The Kier molecular flexibility index (Phi) is 18.0. The summed E-state index contributed by atoms with van der Waals surface area (Å²) in [6.45, 7) is 10.8. The third kappa shape index (κ3) is 13.1. The van der Waals surface area contributed by atoms with Crippen molar-refractivity contribution < 1.29 is 54.7 Å². The predicted octanol–water partition coefficient (Wildman–Crippen LogP) is 2.09. The van der Waals surface area contributed by atoms with E-state index in [0.717, 1.165) is 31.1 Å². The molecule has 0 aromatic carbocycles. The van der Waals surface area contributed by atoms with Crippen LogP contribution < -0.4 is 0 Å². The van der Waals surface area contributed by atoms with Gasteiger partial charge in [0.1, 0.15) is 48.8 Å². The summed E-state index contributed by atoms with van der Waals surface area (Å²) in [5, 5.41) is 70.5. The average molecular weight is 623 g/mol. The maximum Gasteiger partial charge on any atom is 0.186 e. The van der Waals surface area contributed by atoms with Crippen molar-refractivity contribution in [2.75, 3.05) is 19.8 Å². The molecule has 0 saturated carbocycles. The number of ether oxygens (including phenoxy) is 4. The summed E-state index contributed by atoms with van der Waals surface area (Å²) in [5.74, 6) is 2.73. The fourth-order valence-corrected chi connectivity index (χ4v) is 5.91. The van der Waals surface area contributed by atoms with Gasteiger partial charge in [0.2, 0.25) is 0 Å². The SMILES string of the molecule is CC(C)CCC[C@@H](C)CCC[C@@H](C)CCC[C@H](C)CCO[C@@H]1O[C@H](CO[C@H]2O[C@H](CO)[C@H](O)[C@H](O)[C@H]2O)[C@@H](O)[C@H](O)[C@H]1O. The summed E-state index contributed by atoms with van der Waals surface area (Å²) in [6, 6.07) is 0. The highest BCUT2D eigenvalue weighted by atomic mass is 16.7. The van der Waals surface area contributed by atoms with Gasteiger partial charge in [-0.3, -0.25) is 0 Å². The number of aliphatic hydroxyl groups is 7. The normalized spacial score (nSPS) is 35.7. The number of hydrogen-bond acceptors (Lipinski definition) is 11. The van der Waals surface area contributed by atoms with Crippen LogP contribution in [0, 0.1) is 23.7 Å². The van der Waals surface area contributed by atoms with E-state index in [4.69, 9.17) is 18.9 Å². The third-order valence-electron chi connectivity index (χ3n) is 9.10. The van der Waals surface area contributed by atoms with E-state index >= 15 is 0 Å². The lowest BCUT2D eigenvalue weighted by molar-refractivity contribution is -0.331. The van der Waals surface area contributed by atoms with Crippen LogP contribution in [0.3, 0.4) is 0 Å². The average Bonchev–Trinajstić information content (AvgIpc) is 2.96. The highest BCUT2D eigenvalue weighted by Gasteiger charge is 2.47. The van der Waals surface area contributed by atoms with Crippen LogP contribution in [0.15, 0.2) is 0 Å². The predicted molar refractivity (Wildman–Crippen MR) is 161 cm³/mol. The Morgan fingerprint density at radius 2 is 0.930 bits per heavy atom. The number of hydrogen-bond donors (Lipinski definition) is 7. The van der Waals surface area contributed by atoms with Gasteiger partial charge in [0.05, 0.1) is 19.8 Å². The minimum Gasteiger partial charge on any atom is -0.394 e. The molecule has 2 rings (SSSR count). The van der Waals surface area contributed by atoms with Gasteiger partial charge in [0.15, 0.2) is 12.6 Å². The quantitative estimate of drug-likeness (QED) is 0.106. The van der Waals surface area contributed by atoms with Crippen molar-refractivity contribution in [3.8, 4) is 0 Å². The summed E-state index contributed by atoms with van der Waals surface area (Å²) >= 11 is 0. The molecule has 0 bridgehead atoms. The second-order valence-electron chi connectivity index (χ2n) is 13.7. The van der Waals surface area contributed by atoms with Crippen LogP contribution >= 0.6 is 0 Å². The maximum atomic E-state index is 10.4. The molecule has 0 aromatic heterocycles. The van der Waals surface area contributed by atoms with Gasteiger partial charge in [-0.1, -0.05) is 92.4 Å². The topological polar surface area (TPSA) is 179 Å². The van der Waals surface area contributed by atoms with Crippen molar-refractivity contribution >= 4 is 0 Å². The standard InChI is InChI=1S/C32H62O11/c1-19(2)9-6-10-20(3)11-7-12-21(4)13-8-14-22(5)15-16-40-31-29(38)28(37)26(35)24(43-31)18-41-32-30(39)27(36)25(34)23(17-33)42-32/h19-39H,6-18H2,1-5H3/t20-,21-,22+,23-,24-,25+,26-,27+,28+,29-,30-,31-,32+/m1/s1. The van der Waals surface area contributed by atoms with Crippen molar-refractivity contribution in [2.24, 2.45) is 23.7 Å². The van der Waals surface area contributed by atoms with Gasteiger partial charge >= 0.3 is 0 Å². The van der Waals surface area contributed by atoms with Crippen molar-refractivity contribution in [3.05, 3.63) is 0 Å². The molecule has 0 amide bonds. The first-order valence-electron chi connectivity index (χ1n) is 16.6. The van der Waals surface area contributed by atoms with E-state index in [-0.39, 0.29) is 6.61 Å². The molecule has 0 spiro atoms. The van der Waals surface area contributed by atoms with Gasteiger partial charge in [-0.15, -0.1) is 0 Å². The Hall–Kier alpha value is -0.440. The van der Waals surface area contributed by atoms with Crippen LogP contribution in [0.25, 0.3) is 0 Å². The lowest BCUT2D eigenvalue weighted by Crippen LogP contribution is -2.61. The van der Waals surface area contributed by atoms with E-state index < -0.39 is 68.0 Å². The van der Waals surface area contributed by atoms with Crippen molar-refractivity contribution in [1.82, 2.24) is 0 Å². The molecule has 2 aliphatic heterocycles. The molecule has 256 valence electrons. The van der Waals surface area contributed by atoms with Gasteiger partial charge in [0.25, 0.3) is 0 Å².